The number of halogens is 2. The van der Waals surface area contributed by atoms with Gasteiger partial charge in [0.05, 0.1) is 0 Å². The van der Waals surface area contributed by atoms with Crippen LogP contribution in [0.3, 0.4) is 0 Å². The lowest BCUT2D eigenvalue weighted by Gasteiger charge is -2.37. The van der Waals surface area contributed by atoms with E-state index in [4.69, 9.17) is 16.3 Å². The highest BCUT2D eigenvalue weighted by Gasteiger charge is 2.32. The molecule has 0 aromatic heterocycles. The predicted octanol–water partition coefficient (Wildman–Crippen LogP) is 3.40. The number of hydrogen-bond donors (Lipinski definition) is 1. The summed E-state index contributed by atoms with van der Waals surface area (Å²) in [5, 5.41) is 3.86. The smallest absolute Gasteiger partial charge is 0.193 e. The van der Waals surface area contributed by atoms with Crippen LogP contribution in [-0.4, -0.2) is 55.7 Å². The summed E-state index contributed by atoms with van der Waals surface area (Å²) in [6.07, 6.45) is 4.17. The highest BCUT2D eigenvalue weighted by molar-refractivity contribution is 8.00. The first-order valence-electron chi connectivity index (χ1n) is 7.99. The topological polar surface area (TPSA) is 36.9 Å². The normalized spacial score (nSPS) is 17.6. The monoisotopic (exact) mass is 373 g/mol. The summed E-state index contributed by atoms with van der Waals surface area (Å²) < 4.78 is 19.6. The van der Waals surface area contributed by atoms with Crippen molar-refractivity contribution < 1.29 is 9.13 Å². The molecule has 134 valence electrons. The first-order chi connectivity index (χ1) is 11.5. The minimum absolute atomic E-state index is 0.157. The van der Waals surface area contributed by atoms with Gasteiger partial charge in [0.25, 0.3) is 0 Å². The molecule has 1 saturated heterocycles. The van der Waals surface area contributed by atoms with E-state index in [2.05, 4.69) is 16.6 Å². The van der Waals surface area contributed by atoms with Crippen LogP contribution in [0, 0.1) is 5.82 Å². The maximum absolute atomic E-state index is 14.0. The van der Waals surface area contributed by atoms with Crippen molar-refractivity contribution in [1.29, 1.82) is 0 Å². The van der Waals surface area contributed by atoms with Gasteiger partial charge in [-0.05, 0) is 31.2 Å². The Morgan fingerprint density at radius 3 is 2.75 bits per heavy atom. The summed E-state index contributed by atoms with van der Waals surface area (Å²) in [4.78, 5) is 6.21. The van der Waals surface area contributed by atoms with Crippen LogP contribution in [0.4, 0.5) is 4.39 Å². The van der Waals surface area contributed by atoms with Crippen molar-refractivity contribution >= 4 is 29.3 Å². The Labute approximate surface area is 152 Å². The Kier molecular flexibility index (Phi) is 7.19. The number of hydrogen-bond acceptors (Lipinski definition) is 3. The van der Waals surface area contributed by atoms with Crippen molar-refractivity contribution in [2.24, 2.45) is 4.99 Å². The molecule has 7 heteroatoms. The molecule has 0 aliphatic carbocycles. The van der Waals surface area contributed by atoms with E-state index in [1.54, 1.807) is 19.2 Å². The van der Waals surface area contributed by atoms with Crippen LogP contribution < -0.4 is 5.32 Å². The minimum atomic E-state index is -0.296. The van der Waals surface area contributed by atoms with Crippen molar-refractivity contribution in [3.63, 3.8) is 0 Å². The minimum Gasteiger partial charge on any atom is -0.381 e. The summed E-state index contributed by atoms with van der Waals surface area (Å²) in [6.45, 7) is 2.75. The summed E-state index contributed by atoms with van der Waals surface area (Å²) >= 11 is 7.99. The molecule has 0 amide bonds. The van der Waals surface area contributed by atoms with Crippen LogP contribution in [0.5, 0.6) is 0 Å². The van der Waals surface area contributed by atoms with E-state index in [1.807, 2.05) is 23.7 Å². The number of thioether (sulfide) groups is 1. The Morgan fingerprint density at radius 1 is 1.46 bits per heavy atom. The van der Waals surface area contributed by atoms with Gasteiger partial charge in [0.2, 0.25) is 0 Å². The van der Waals surface area contributed by atoms with Gasteiger partial charge in [-0.15, -0.1) is 0 Å². The van der Waals surface area contributed by atoms with Crippen LogP contribution in [0.15, 0.2) is 23.2 Å². The molecule has 24 heavy (non-hydrogen) atoms. The van der Waals surface area contributed by atoms with E-state index in [0.717, 1.165) is 38.6 Å². The van der Waals surface area contributed by atoms with Gasteiger partial charge < -0.3 is 15.0 Å². The fourth-order valence-electron chi connectivity index (χ4n) is 2.82. The second kappa shape index (κ2) is 8.92. The largest absolute Gasteiger partial charge is 0.381 e. The highest BCUT2D eigenvalue weighted by atomic mass is 35.5. The van der Waals surface area contributed by atoms with Crippen LogP contribution in [0.1, 0.15) is 18.4 Å². The number of guanidine groups is 1. The molecule has 1 aromatic rings. The third-order valence-corrected chi connectivity index (χ3v) is 6.21. The second-order valence-electron chi connectivity index (χ2n) is 5.96. The maximum Gasteiger partial charge on any atom is 0.193 e. The molecule has 0 atom stereocenters. The van der Waals surface area contributed by atoms with Gasteiger partial charge >= 0.3 is 0 Å². The highest BCUT2D eigenvalue weighted by Crippen LogP contribution is 2.33. The lowest BCUT2D eigenvalue weighted by Crippen LogP contribution is -2.48. The number of aliphatic imine (C=N–C) groups is 1. The van der Waals surface area contributed by atoms with Gasteiger partial charge in [-0.2, -0.15) is 11.8 Å². The number of rotatable bonds is 5. The summed E-state index contributed by atoms with van der Waals surface area (Å²) in [5.74, 6) is 0.434. The summed E-state index contributed by atoms with van der Waals surface area (Å²) in [7, 11) is 3.62. The average Bonchev–Trinajstić information content (AvgIpc) is 2.59. The SMILES string of the molecule is CN=C(NCC1(SC)CCOCC1)N(C)Cc1c(F)cccc1Cl. The average molecular weight is 374 g/mol. The van der Waals surface area contributed by atoms with Crippen molar-refractivity contribution in [3.05, 3.63) is 34.6 Å². The summed E-state index contributed by atoms with van der Waals surface area (Å²) in [5.41, 5.74) is 0.482. The lowest BCUT2D eigenvalue weighted by atomic mass is 9.99. The molecule has 2 rings (SSSR count). The van der Waals surface area contributed by atoms with Crippen LogP contribution >= 0.6 is 23.4 Å². The molecule has 1 aromatic carbocycles. The van der Waals surface area contributed by atoms with Crippen molar-refractivity contribution in [3.8, 4) is 0 Å². The molecule has 0 saturated carbocycles. The third-order valence-electron chi connectivity index (χ3n) is 4.44. The zero-order valence-electron chi connectivity index (χ0n) is 14.4. The van der Waals surface area contributed by atoms with Gasteiger partial charge in [0.15, 0.2) is 5.96 Å². The van der Waals surface area contributed by atoms with E-state index in [-0.39, 0.29) is 10.6 Å². The molecule has 1 heterocycles. The quantitative estimate of drug-likeness (QED) is 0.634. The zero-order valence-corrected chi connectivity index (χ0v) is 16.0. The van der Waals surface area contributed by atoms with Crippen LogP contribution in [-0.2, 0) is 11.3 Å². The predicted molar refractivity (Wildman–Crippen MR) is 101 cm³/mol. The van der Waals surface area contributed by atoms with Gasteiger partial charge in [-0.3, -0.25) is 4.99 Å². The molecule has 1 fully saturated rings. The van der Waals surface area contributed by atoms with E-state index in [9.17, 15) is 4.39 Å². The number of nitrogens with one attached hydrogen (secondary N) is 1. The van der Waals surface area contributed by atoms with Crippen molar-refractivity contribution in [1.82, 2.24) is 10.2 Å². The van der Waals surface area contributed by atoms with Gasteiger partial charge in [-0.25, -0.2) is 4.39 Å². The molecule has 0 unspecified atom stereocenters. The van der Waals surface area contributed by atoms with Crippen molar-refractivity contribution in [2.45, 2.75) is 24.1 Å². The van der Waals surface area contributed by atoms with E-state index in [1.165, 1.54) is 6.07 Å². The van der Waals surface area contributed by atoms with E-state index >= 15 is 0 Å². The Bertz CT molecular complexity index is 559. The Balaban J connectivity index is 2.00. The first-order valence-corrected chi connectivity index (χ1v) is 9.59. The molecule has 1 aliphatic heterocycles. The lowest BCUT2D eigenvalue weighted by molar-refractivity contribution is 0.0781. The molecular formula is C17H25ClFN3OS. The molecule has 4 nitrogen and oxygen atoms in total. The molecule has 0 radical (unpaired) electrons. The van der Waals surface area contributed by atoms with Crippen LogP contribution in [0.25, 0.3) is 0 Å². The number of benzene rings is 1. The number of ether oxygens (including phenoxy) is 1. The van der Waals surface area contributed by atoms with Gasteiger partial charge in [0, 0.05) is 55.7 Å². The third kappa shape index (κ3) is 4.77. The molecular weight excluding hydrogens is 349 g/mol. The molecule has 1 aliphatic rings. The van der Waals surface area contributed by atoms with E-state index < -0.39 is 0 Å². The first kappa shape index (κ1) is 19.3. The number of nitrogens with zero attached hydrogens (tertiary/aromatic N) is 2. The van der Waals surface area contributed by atoms with Gasteiger partial charge in [-0.1, -0.05) is 17.7 Å². The zero-order chi connectivity index (χ0) is 17.6. The van der Waals surface area contributed by atoms with Crippen LogP contribution in [0.2, 0.25) is 5.02 Å². The molecule has 0 bridgehead atoms. The fourth-order valence-corrected chi connectivity index (χ4v) is 3.83. The Morgan fingerprint density at radius 2 is 2.17 bits per heavy atom. The van der Waals surface area contributed by atoms with E-state index in [0.29, 0.717) is 17.1 Å². The molecule has 0 spiro atoms. The fraction of sp³-hybridized carbons (Fsp3) is 0.588. The maximum atomic E-state index is 14.0. The summed E-state index contributed by atoms with van der Waals surface area (Å²) in [6, 6.07) is 4.74. The van der Waals surface area contributed by atoms with Gasteiger partial charge in [0.1, 0.15) is 5.82 Å². The standard InChI is InChI=1S/C17H25ClFN3OS/c1-20-16(21-12-17(24-3)7-9-23-10-8-17)22(2)11-13-14(18)5-4-6-15(13)19/h4-6H,7-12H2,1-3H3,(H,20,21). The Hall–Kier alpha value is -0.980. The molecule has 1 N–H and O–H groups in total. The van der Waals surface area contributed by atoms with Crippen molar-refractivity contribution in [2.75, 3.05) is 40.1 Å². The second-order valence-corrected chi connectivity index (χ2v) is 7.64.